The van der Waals surface area contributed by atoms with Crippen molar-refractivity contribution in [3.8, 4) is 0 Å². The second-order valence-corrected chi connectivity index (χ2v) is 5.33. The van der Waals surface area contributed by atoms with Crippen molar-refractivity contribution >= 4 is 5.78 Å². The van der Waals surface area contributed by atoms with Crippen molar-refractivity contribution in [1.82, 2.24) is 5.32 Å². The molecule has 1 heterocycles. The van der Waals surface area contributed by atoms with Gasteiger partial charge in [-0.15, -0.1) is 0 Å². The van der Waals surface area contributed by atoms with Gasteiger partial charge in [-0.2, -0.15) is 0 Å². The fraction of sp³-hybridized carbons (Fsp3) is 0.923. The summed E-state index contributed by atoms with van der Waals surface area (Å²) in [4.78, 5) is 12.0. The maximum atomic E-state index is 12.0. The van der Waals surface area contributed by atoms with E-state index in [2.05, 4.69) is 19.2 Å². The van der Waals surface area contributed by atoms with E-state index in [4.69, 9.17) is 4.74 Å². The van der Waals surface area contributed by atoms with Gasteiger partial charge in [0, 0.05) is 24.4 Å². The highest BCUT2D eigenvalue weighted by molar-refractivity contribution is 5.82. The number of ether oxygens (including phenoxy) is 1. The van der Waals surface area contributed by atoms with Gasteiger partial charge >= 0.3 is 0 Å². The van der Waals surface area contributed by atoms with Gasteiger partial charge in [-0.05, 0) is 25.7 Å². The molecule has 3 nitrogen and oxygen atoms in total. The van der Waals surface area contributed by atoms with E-state index in [9.17, 15) is 4.79 Å². The van der Waals surface area contributed by atoms with Crippen LogP contribution >= 0.6 is 0 Å². The van der Waals surface area contributed by atoms with Gasteiger partial charge in [-0.3, -0.25) is 4.79 Å². The minimum atomic E-state index is 0.196. The lowest BCUT2D eigenvalue weighted by atomic mass is 9.76. The Labute approximate surface area is 97.9 Å². The van der Waals surface area contributed by atoms with Gasteiger partial charge < -0.3 is 10.1 Å². The van der Waals surface area contributed by atoms with Crippen molar-refractivity contribution in [3.05, 3.63) is 0 Å². The Kier molecular flexibility index (Phi) is 3.98. The second kappa shape index (κ2) is 5.28. The largest absolute Gasteiger partial charge is 0.378 e. The Hall–Kier alpha value is -0.410. The molecule has 0 aromatic rings. The molecule has 0 amide bonds. The number of ketones is 1. The number of rotatable bonds is 2. The first-order valence-electron chi connectivity index (χ1n) is 6.57. The Morgan fingerprint density at radius 2 is 2.25 bits per heavy atom. The summed E-state index contributed by atoms with van der Waals surface area (Å²) in [5, 5.41) is 3.52. The third-order valence-corrected chi connectivity index (χ3v) is 4.03. The van der Waals surface area contributed by atoms with E-state index in [-0.39, 0.29) is 12.0 Å². The van der Waals surface area contributed by atoms with E-state index in [1.54, 1.807) is 0 Å². The van der Waals surface area contributed by atoms with Gasteiger partial charge in [-0.1, -0.05) is 13.3 Å². The predicted octanol–water partition coefficient (Wildman–Crippen LogP) is 1.76. The fourth-order valence-electron chi connectivity index (χ4n) is 2.97. The maximum absolute atomic E-state index is 12.0. The molecule has 0 bridgehead atoms. The van der Waals surface area contributed by atoms with Crippen LogP contribution in [0, 0.1) is 11.8 Å². The first-order valence-corrected chi connectivity index (χ1v) is 6.57. The van der Waals surface area contributed by atoms with E-state index < -0.39 is 0 Å². The molecule has 1 saturated heterocycles. The molecular weight excluding hydrogens is 202 g/mol. The van der Waals surface area contributed by atoms with Gasteiger partial charge in [0.15, 0.2) is 0 Å². The number of hydrogen-bond acceptors (Lipinski definition) is 3. The molecule has 1 aliphatic heterocycles. The summed E-state index contributed by atoms with van der Waals surface area (Å²) >= 11 is 0. The highest BCUT2D eigenvalue weighted by Crippen LogP contribution is 2.31. The molecule has 4 atom stereocenters. The Morgan fingerprint density at radius 1 is 1.44 bits per heavy atom. The predicted molar refractivity (Wildman–Crippen MR) is 63.3 cm³/mol. The second-order valence-electron chi connectivity index (χ2n) is 5.33. The van der Waals surface area contributed by atoms with Crippen LogP contribution in [0.5, 0.6) is 0 Å². The molecular formula is C13H23NO2. The lowest BCUT2D eigenvalue weighted by Crippen LogP contribution is -2.53. The van der Waals surface area contributed by atoms with Crippen molar-refractivity contribution in [2.45, 2.75) is 51.6 Å². The number of Topliss-reactive ketones (excluding diaryl/α,β-unsaturated/α-hetero) is 1. The van der Waals surface area contributed by atoms with E-state index in [1.165, 1.54) is 6.42 Å². The molecule has 0 aromatic carbocycles. The van der Waals surface area contributed by atoms with Gasteiger partial charge in [0.1, 0.15) is 5.78 Å². The van der Waals surface area contributed by atoms with Crippen molar-refractivity contribution in [2.24, 2.45) is 11.8 Å². The smallest absolute Gasteiger partial charge is 0.137 e. The summed E-state index contributed by atoms with van der Waals surface area (Å²) in [5.74, 6) is 1.38. The molecule has 0 aromatic heterocycles. The van der Waals surface area contributed by atoms with Crippen molar-refractivity contribution in [3.63, 3.8) is 0 Å². The lowest BCUT2D eigenvalue weighted by molar-refractivity contribution is -0.128. The van der Waals surface area contributed by atoms with Crippen LogP contribution in [0.25, 0.3) is 0 Å². The van der Waals surface area contributed by atoms with Gasteiger partial charge in [-0.25, -0.2) is 0 Å². The molecule has 1 aliphatic carbocycles. The van der Waals surface area contributed by atoms with Crippen LogP contribution in [0.4, 0.5) is 0 Å². The lowest BCUT2D eigenvalue weighted by Gasteiger charge is -2.37. The van der Waals surface area contributed by atoms with Crippen LogP contribution in [-0.2, 0) is 9.53 Å². The summed E-state index contributed by atoms with van der Waals surface area (Å²) in [7, 11) is 0. The Morgan fingerprint density at radius 3 is 2.94 bits per heavy atom. The zero-order valence-corrected chi connectivity index (χ0v) is 10.4. The number of hydrogen-bond donors (Lipinski definition) is 1. The van der Waals surface area contributed by atoms with E-state index in [1.807, 2.05) is 0 Å². The van der Waals surface area contributed by atoms with Crippen molar-refractivity contribution in [1.29, 1.82) is 0 Å². The zero-order valence-electron chi connectivity index (χ0n) is 10.4. The van der Waals surface area contributed by atoms with E-state index in [0.29, 0.717) is 18.4 Å². The molecule has 2 aliphatic rings. The Balaban J connectivity index is 1.97. The molecule has 92 valence electrons. The fourth-order valence-corrected chi connectivity index (χ4v) is 2.97. The standard InChI is InChI=1S/C13H23NO2/c1-3-10-4-5-13(15)11(6-10)12-8-16-7-9(2)14-12/h9-12,14H,3-8H2,1-2H3. The minimum absolute atomic E-state index is 0.196. The van der Waals surface area contributed by atoms with E-state index in [0.717, 1.165) is 31.8 Å². The third-order valence-electron chi connectivity index (χ3n) is 4.03. The number of carbonyl (C=O) groups is 1. The molecule has 1 saturated carbocycles. The Bertz CT molecular complexity index is 254. The van der Waals surface area contributed by atoms with Crippen molar-refractivity contribution < 1.29 is 9.53 Å². The molecule has 1 N–H and O–H groups in total. The normalized spacial score (nSPS) is 41.0. The SMILES string of the molecule is CCC1CCC(=O)C(C2COCC(C)N2)C1. The molecule has 2 fully saturated rings. The van der Waals surface area contributed by atoms with Crippen molar-refractivity contribution in [2.75, 3.05) is 13.2 Å². The van der Waals surface area contributed by atoms with Crippen LogP contribution < -0.4 is 5.32 Å². The number of nitrogens with one attached hydrogen (secondary N) is 1. The molecule has 0 spiro atoms. The maximum Gasteiger partial charge on any atom is 0.137 e. The van der Waals surface area contributed by atoms with Crippen LogP contribution in [0.15, 0.2) is 0 Å². The molecule has 16 heavy (non-hydrogen) atoms. The zero-order chi connectivity index (χ0) is 11.5. The summed E-state index contributed by atoms with van der Waals surface area (Å²) < 4.78 is 5.55. The monoisotopic (exact) mass is 225 g/mol. The first-order chi connectivity index (χ1) is 7.70. The molecule has 3 heteroatoms. The average Bonchev–Trinajstić information content (AvgIpc) is 2.30. The van der Waals surface area contributed by atoms with E-state index >= 15 is 0 Å². The highest BCUT2D eigenvalue weighted by Gasteiger charge is 2.35. The van der Waals surface area contributed by atoms with Gasteiger partial charge in [0.25, 0.3) is 0 Å². The summed E-state index contributed by atoms with van der Waals surface area (Å²) in [6.45, 7) is 5.83. The van der Waals surface area contributed by atoms with Crippen LogP contribution in [0.2, 0.25) is 0 Å². The summed E-state index contributed by atoms with van der Waals surface area (Å²) in [6.07, 6.45) is 4.13. The molecule has 2 rings (SSSR count). The minimum Gasteiger partial charge on any atom is -0.378 e. The average molecular weight is 225 g/mol. The molecule has 0 radical (unpaired) electrons. The molecule has 4 unspecified atom stereocenters. The highest BCUT2D eigenvalue weighted by atomic mass is 16.5. The van der Waals surface area contributed by atoms with Crippen LogP contribution in [-0.4, -0.2) is 31.1 Å². The van der Waals surface area contributed by atoms with Crippen LogP contribution in [0.1, 0.15) is 39.5 Å². The van der Waals surface area contributed by atoms with Gasteiger partial charge in [0.05, 0.1) is 13.2 Å². The number of carbonyl (C=O) groups excluding carboxylic acids is 1. The first kappa shape index (κ1) is 12.1. The van der Waals surface area contributed by atoms with Gasteiger partial charge in [0.2, 0.25) is 0 Å². The summed E-state index contributed by atoms with van der Waals surface area (Å²) in [5.41, 5.74) is 0. The van der Waals surface area contributed by atoms with Crippen LogP contribution in [0.3, 0.4) is 0 Å². The topological polar surface area (TPSA) is 38.3 Å². The quantitative estimate of drug-likeness (QED) is 0.778. The third kappa shape index (κ3) is 2.64. The number of morpholine rings is 1. The summed E-state index contributed by atoms with van der Waals surface area (Å²) in [6, 6.07) is 0.638.